The molecule has 4 heterocycles. The summed E-state index contributed by atoms with van der Waals surface area (Å²) in [6, 6.07) is 0.822. The van der Waals surface area contributed by atoms with Gasteiger partial charge in [0.2, 0.25) is 41.4 Å². The Morgan fingerprint density at radius 2 is 1.14 bits per heavy atom. The number of amides is 7. The Kier molecular flexibility index (Phi) is 18.8. The minimum Gasteiger partial charge on any atom is -0.366 e. The first-order valence-electron chi connectivity index (χ1n) is 24.5. The summed E-state index contributed by atoms with van der Waals surface area (Å²) < 4.78 is 12.6. The molecular weight excluding hydrogens is 901 g/mol. The molecule has 0 aliphatic carbocycles. The van der Waals surface area contributed by atoms with Gasteiger partial charge in [0, 0.05) is 25.3 Å². The van der Waals surface area contributed by atoms with E-state index >= 15 is 0 Å². The number of thioether (sulfide) groups is 1. The number of ether oxygens (including phenoxy) is 2. The average molecular weight is 977 g/mol. The summed E-state index contributed by atoms with van der Waals surface area (Å²) in [5.41, 5.74) is -1.05. The first-order chi connectivity index (χ1) is 32.4. The number of carbonyl (C=O) groups is 7. The van der Waals surface area contributed by atoms with Crippen LogP contribution in [0.2, 0.25) is 0 Å². The summed E-state index contributed by atoms with van der Waals surface area (Å²) >= 11 is 1.31. The Labute approximate surface area is 412 Å². The van der Waals surface area contributed by atoms with Gasteiger partial charge in [0.1, 0.15) is 42.3 Å². The largest absolute Gasteiger partial charge is 0.366 e. The van der Waals surface area contributed by atoms with Gasteiger partial charge < -0.3 is 45.9 Å². The molecule has 10 atom stereocenters. The van der Waals surface area contributed by atoms with E-state index in [2.05, 4.69) is 39.7 Å². The number of carbonyl (C=O) groups excluding carboxylic acids is 7. The molecule has 69 heavy (non-hydrogen) atoms. The fourth-order valence-corrected chi connectivity index (χ4v) is 10.3. The minimum atomic E-state index is -1.32. The molecule has 4 aliphatic rings. The second-order valence-electron chi connectivity index (χ2n) is 20.6. The van der Waals surface area contributed by atoms with Crippen LogP contribution in [0.15, 0.2) is 60.6 Å². The summed E-state index contributed by atoms with van der Waals surface area (Å²) in [7, 11) is 0. The van der Waals surface area contributed by atoms with Crippen LogP contribution in [-0.4, -0.2) is 147 Å². The highest BCUT2D eigenvalue weighted by Crippen LogP contribution is 2.27. The lowest BCUT2D eigenvalue weighted by Gasteiger charge is -2.35. The van der Waals surface area contributed by atoms with E-state index in [9.17, 15) is 33.6 Å². The smallest absolute Gasteiger partial charge is 0.246 e. The SMILES string of the molecule is C=CC(C)(C)OC(C)[C@@H]1NC(=O)[C@@H]2CCCN2C(=O)[C@H](C(C)C)NC(=O)[C@@H]2CCCN2C(=O)[C@H](Cc2ccccc2)NC(=O)[C@H]([C@@H](C)OC(C)(C)C=C)NC(=O)[C@@H]2CSC(=N2)[C@H](CC(C)C)NC1=O. The molecular formula is C51H76N8O9S. The molecule has 5 rings (SSSR count). The lowest BCUT2D eigenvalue weighted by molar-refractivity contribution is -0.146. The van der Waals surface area contributed by atoms with Crippen LogP contribution in [0, 0.1) is 11.8 Å². The molecule has 0 saturated carbocycles. The van der Waals surface area contributed by atoms with Crippen molar-refractivity contribution in [1.29, 1.82) is 0 Å². The van der Waals surface area contributed by atoms with Crippen molar-refractivity contribution in [1.82, 2.24) is 36.4 Å². The number of rotatable bonds is 13. The van der Waals surface area contributed by atoms with E-state index in [1.165, 1.54) is 21.6 Å². The number of hydrogen-bond donors (Lipinski definition) is 5. The van der Waals surface area contributed by atoms with E-state index in [0.717, 1.165) is 5.56 Å². The summed E-state index contributed by atoms with van der Waals surface area (Å²) in [6.45, 7) is 26.2. The van der Waals surface area contributed by atoms with Gasteiger partial charge in [-0.25, -0.2) is 0 Å². The summed E-state index contributed by atoms with van der Waals surface area (Å²) in [5.74, 6) is -4.00. The first-order valence-corrected chi connectivity index (χ1v) is 25.4. The van der Waals surface area contributed by atoms with Crippen LogP contribution < -0.4 is 26.6 Å². The van der Waals surface area contributed by atoms with Gasteiger partial charge in [-0.3, -0.25) is 38.6 Å². The molecule has 17 nitrogen and oxygen atoms in total. The summed E-state index contributed by atoms with van der Waals surface area (Å²) in [6.07, 6.45) is 3.51. The number of nitrogens with one attached hydrogen (secondary N) is 5. The molecule has 0 radical (unpaired) electrons. The summed E-state index contributed by atoms with van der Waals surface area (Å²) in [4.78, 5) is 110. The van der Waals surface area contributed by atoms with Gasteiger partial charge >= 0.3 is 0 Å². The number of aliphatic imine (C=N–C) groups is 1. The lowest BCUT2D eigenvalue weighted by Crippen LogP contribution is -2.62. The average Bonchev–Trinajstić information content (AvgIpc) is 4.10. The van der Waals surface area contributed by atoms with Gasteiger partial charge in [-0.05, 0) is 91.0 Å². The monoisotopic (exact) mass is 977 g/mol. The van der Waals surface area contributed by atoms with E-state index < -0.39 is 119 Å². The zero-order chi connectivity index (χ0) is 51.0. The Morgan fingerprint density at radius 1 is 0.667 bits per heavy atom. The van der Waals surface area contributed by atoms with E-state index in [-0.39, 0.29) is 31.2 Å². The topological polar surface area (TPSA) is 217 Å². The van der Waals surface area contributed by atoms with Crippen molar-refractivity contribution in [2.24, 2.45) is 16.8 Å². The molecule has 4 aliphatic heterocycles. The van der Waals surface area contributed by atoms with Crippen molar-refractivity contribution in [3.05, 3.63) is 61.2 Å². The van der Waals surface area contributed by atoms with Gasteiger partial charge in [-0.1, -0.05) is 70.2 Å². The van der Waals surface area contributed by atoms with E-state index in [0.29, 0.717) is 37.1 Å². The second kappa shape index (κ2) is 23.7. The van der Waals surface area contributed by atoms with Gasteiger partial charge in [0.15, 0.2) is 0 Å². The quantitative estimate of drug-likeness (QED) is 0.181. The molecule has 7 amide bonds. The predicted octanol–water partition coefficient (Wildman–Crippen LogP) is 3.60. The molecule has 0 aromatic heterocycles. The Bertz CT molecular complexity index is 2100. The Balaban J connectivity index is 1.60. The van der Waals surface area contributed by atoms with Crippen LogP contribution in [0.5, 0.6) is 0 Å². The van der Waals surface area contributed by atoms with Gasteiger partial charge in [-0.15, -0.1) is 24.9 Å². The molecule has 1 aromatic rings. The summed E-state index contributed by atoms with van der Waals surface area (Å²) in [5, 5.41) is 15.3. The molecule has 18 heteroatoms. The molecule has 2 saturated heterocycles. The standard InChI is InChI=1S/C51H76N8O9S/c1-13-50(9,10)67-31(7)40-46(64)53-35(27-33-20-16-15-17-21-33)48(65)58-24-18-22-37(58)43(61)55-39(30(5)6)49(66)59-25-19-23-38(59)44(62)57-41(32(8)68-51(11,12)14-2)45(63)52-34(26-29(3)4)47-54-36(28-69-47)42(60)56-40/h13-17,20-21,29-32,34-41H,1-2,18-19,22-28H2,3-12H3,(H,52,63)(H,53,64)(H,55,61)(H,56,60)(H,57,62)/t31-,32?,34+,35+,36+,37+,38+,39+,40+,41+/m1/s1. The molecule has 1 aromatic carbocycles. The van der Waals surface area contributed by atoms with Crippen LogP contribution in [0.3, 0.4) is 0 Å². The van der Waals surface area contributed by atoms with Crippen LogP contribution in [-0.2, 0) is 49.5 Å². The van der Waals surface area contributed by atoms with E-state index in [4.69, 9.17) is 14.5 Å². The van der Waals surface area contributed by atoms with E-state index in [1.807, 2.05) is 44.2 Å². The third kappa shape index (κ3) is 14.3. The molecule has 2 fully saturated rings. The zero-order valence-electron chi connectivity index (χ0n) is 42.2. The number of fused-ring (bicyclic) bond motifs is 3. The third-order valence-electron chi connectivity index (χ3n) is 13.2. The highest BCUT2D eigenvalue weighted by Gasteiger charge is 2.45. The van der Waals surface area contributed by atoms with Crippen LogP contribution in [0.25, 0.3) is 0 Å². The lowest BCUT2D eigenvalue weighted by atomic mass is 10.0. The number of benzene rings is 1. The predicted molar refractivity (Wildman–Crippen MR) is 267 cm³/mol. The molecule has 2 bridgehead atoms. The highest BCUT2D eigenvalue weighted by atomic mass is 32.2. The van der Waals surface area contributed by atoms with E-state index in [1.54, 1.807) is 67.5 Å². The number of nitrogens with zero attached hydrogens (tertiary/aromatic N) is 3. The molecule has 1 unspecified atom stereocenters. The van der Waals surface area contributed by atoms with Crippen molar-refractivity contribution in [2.75, 3.05) is 18.8 Å². The zero-order valence-corrected chi connectivity index (χ0v) is 43.0. The Hall–Kier alpha value is -5.07. The normalized spacial score (nSPS) is 28.1. The van der Waals surface area contributed by atoms with Crippen molar-refractivity contribution >= 4 is 58.2 Å². The second-order valence-corrected chi connectivity index (χ2v) is 21.6. The maximum atomic E-state index is 14.8. The fourth-order valence-electron chi connectivity index (χ4n) is 9.21. The van der Waals surface area contributed by atoms with Crippen molar-refractivity contribution in [2.45, 2.75) is 180 Å². The van der Waals surface area contributed by atoms with Crippen LogP contribution in [0.1, 0.15) is 107 Å². The maximum absolute atomic E-state index is 14.8. The molecule has 0 spiro atoms. The van der Waals surface area contributed by atoms with Gasteiger partial charge in [0.25, 0.3) is 0 Å². The fraction of sp³-hybridized carbons (Fsp3) is 0.647. The van der Waals surface area contributed by atoms with Gasteiger partial charge in [-0.2, -0.15) is 0 Å². The Morgan fingerprint density at radius 3 is 1.64 bits per heavy atom. The maximum Gasteiger partial charge on any atom is 0.246 e. The van der Waals surface area contributed by atoms with Gasteiger partial charge in [0.05, 0.1) is 34.5 Å². The van der Waals surface area contributed by atoms with Crippen LogP contribution in [0.4, 0.5) is 0 Å². The minimum absolute atomic E-state index is 0.0638. The van der Waals surface area contributed by atoms with Crippen molar-refractivity contribution in [3.63, 3.8) is 0 Å². The molecule has 5 N–H and O–H groups in total. The first kappa shape index (κ1) is 54.9. The molecule has 380 valence electrons. The van der Waals surface area contributed by atoms with Crippen molar-refractivity contribution in [3.8, 4) is 0 Å². The number of hydrogen-bond acceptors (Lipinski definition) is 11. The third-order valence-corrected chi connectivity index (χ3v) is 14.3. The van der Waals surface area contributed by atoms with Crippen LogP contribution >= 0.6 is 11.8 Å². The van der Waals surface area contributed by atoms with Crippen molar-refractivity contribution < 1.29 is 43.0 Å². The highest BCUT2D eigenvalue weighted by molar-refractivity contribution is 8.14.